The second kappa shape index (κ2) is 8.96. The normalized spacial score (nSPS) is 19.7. The summed E-state index contributed by atoms with van der Waals surface area (Å²) >= 11 is 12.2. The summed E-state index contributed by atoms with van der Waals surface area (Å²) in [6.07, 6.45) is 1.38. The number of aromatic amines is 1. The van der Waals surface area contributed by atoms with Crippen molar-refractivity contribution in [1.82, 2.24) is 20.4 Å². The molecule has 0 saturated carbocycles. The Labute approximate surface area is 176 Å². The second-order valence-corrected chi connectivity index (χ2v) is 7.38. The van der Waals surface area contributed by atoms with Gasteiger partial charge in [-0.05, 0) is 23.8 Å². The SMILES string of the molecule is O=c1[nH]c(-c2ccnc(OC[C@@H]3CNCCO[C@H]3c3ccc(Cl)c(Cl)c3)c2)no1. The summed E-state index contributed by atoms with van der Waals surface area (Å²) in [6, 6.07) is 8.90. The van der Waals surface area contributed by atoms with E-state index in [1.165, 1.54) is 0 Å². The van der Waals surface area contributed by atoms with Crippen molar-refractivity contribution in [1.29, 1.82) is 0 Å². The fraction of sp³-hybridized carbons (Fsp3) is 0.316. The van der Waals surface area contributed by atoms with Gasteiger partial charge >= 0.3 is 5.76 Å². The number of nitrogens with zero attached hydrogens (tertiary/aromatic N) is 2. The van der Waals surface area contributed by atoms with Crippen LogP contribution in [0.25, 0.3) is 11.4 Å². The van der Waals surface area contributed by atoms with Crippen LogP contribution in [-0.4, -0.2) is 41.4 Å². The van der Waals surface area contributed by atoms with Crippen LogP contribution in [0.15, 0.2) is 45.8 Å². The predicted molar refractivity (Wildman–Crippen MR) is 107 cm³/mol. The van der Waals surface area contributed by atoms with Gasteiger partial charge in [0.2, 0.25) is 5.88 Å². The lowest BCUT2D eigenvalue weighted by molar-refractivity contribution is 0.0148. The van der Waals surface area contributed by atoms with E-state index in [4.69, 9.17) is 32.7 Å². The number of pyridine rings is 1. The lowest BCUT2D eigenvalue weighted by Gasteiger charge is -2.25. The van der Waals surface area contributed by atoms with Crippen LogP contribution in [0.4, 0.5) is 0 Å². The van der Waals surface area contributed by atoms with Gasteiger partial charge in [-0.15, -0.1) is 0 Å². The third-order valence-electron chi connectivity index (χ3n) is 4.58. The Hall–Kier alpha value is -2.39. The zero-order valence-electron chi connectivity index (χ0n) is 15.2. The first-order valence-electron chi connectivity index (χ1n) is 9.02. The predicted octanol–water partition coefficient (Wildman–Crippen LogP) is 3.09. The highest BCUT2D eigenvalue weighted by Gasteiger charge is 2.27. The van der Waals surface area contributed by atoms with Crippen molar-refractivity contribution in [3.8, 4) is 17.3 Å². The zero-order chi connectivity index (χ0) is 20.2. The second-order valence-electron chi connectivity index (χ2n) is 6.57. The van der Waals surface area contributed by atoms with Crippen molar-refractivity contribution in [3.05, 3.63) is 62.7 Å². The molecule has 8 nitrogen and oxygen atoms in total. The number of H-pyrrole nitrogens is 1. The van der Waals surface area contributed by atoms with Gasteiger partial charge in [0.15, 0.2) is 5.82 Å². The highest BCUT2D eigenvalue weighted by Crippen LogP contribution is 2.32. The molecule has 1 aromatic carbocycles. The summed E-state index contributed by atoms with van der Waals surface area (Å²) in [6.45, 7) is 2.40. The lowest BCUT2D eigenvalue weighted by Crippen LogP contribution is -2.29. The zero-order valence-corrected chi connectivity index (χ0v) is 16.7. The van der Waals surface area contributed by atoms with Gasteiger partial charge in [-0.3, -0.25) is 9.51 Å². The maximum Gasteiger partial charge on any atom is 0.439 e. The molecule has 1 fully saturated rings. The van der Waals surface area contributed by atoms with Gasteiger partial charge in [0.05, 0.1) is 29.4 Å². The lowest BCUT2D eigenvalue weighted by atomic mass is 9.96. The molecular weight excluding hydrogens is 419 g/mol. The third kappa shape index (κ3) is 4.79. The first-order valence-corrected chi connectivity index (χ1v) is 9.78. The molecule has 152 valence electrons. The molecular formula is C19H18Cl2N4O4. The van der Waals surface area contributed by atoms with Gasteiger partial charge < -0.3 is 14.8 Å². The minimum atomic E-state index is -0.620. The molecule has 0 radical (unpaired) electrons. The molecule has 0 spiro atoms. The van der Waals surface area contributed by atoms with E-state index in [1.807, 2.05) is 12.1 Å². The van der Waals surface area contributed by atoms with Gasteiger partial charge in [0, 0.05) is 36.8 Å². The standard InChI is InChI=1S/C19H18Cl2N4O4/c20-14-2-1-11(7-15(14)21)17-13(9-22-5-6-27-17)10-28-16-8-12(3-4-23-16)18-24-19(26)29-25-18/h1-4,7-8,13,17,22H,5-6,9-10H2,(H,24,25,26)/t13-,17-/m0/s1. The van der Waals surface area contributed by atoms with Crippen LogP contribution < -0.4 is 15.8 Å². The van der Waals surface area contributed by atoms with Crippen molar-refractivity contribution >= 4 is 23.2 Å². The Kier molecular flexibility index (Phi) is 6.15. The third-order valence-corrected chi connectivity index (χ3v) is 5.32. The molecule has 0 aliphatic carbocycles. The number of nitrogens with one attached hydrogen (secondary N) is 2. The number of rotatable bonds is 5. The van der Waals surface area contributed by atoms with Crippen LogP contribution in [0.3, 0.4) is 0 Å². The van der Waals surface area contributed by atoms with Crippen LogP contribution in [0.1, 0.15) is 11.7 Å². The van der Waals surface area contributed by atoms with Gasteiger partial charge in [0.25, 0.3) is 0 Å². The van der Waals surface area contributed by atoms with Crippen LogP contribution in [0, 0.1) is 5.92 Å². The molecule has 0 bridgehead atoms. The molecule has 2 atom stereocenters. The minimum Gasteiger partial charge on any atom is -0.477 e. The first-order chi connectivity index (χ1) is 14.1. The summed E-state index contributed by atoms with van der Waals surface area (Å²) in [7, 11) is 0. The molecule has 2 N–H and O–H groups in total. The highest BCUT2D eigenvalue weighted by atomic mass is 35.5. The Bertz CT molecular complexity index is 1040. The number of hydrogen-bond donors (Lipinski definition) is 2. The quantitative estimate of drug-likeness (QED) is 0.633. The Morgan fingerprint density at radius 1 is 1.21 bits per heavy atom. The van der Waals surface area contributed by atoms with Crippen LogP contribution in [0.2, 0.25) is 10.0 Å². The molecule has 29 heavy (non-hydrogen) atoms. The van der Waals surface area contributed by atoms with Crippen LogP contribution >= 0.6 is 23.2 Å². The van der Waals surface area contributed by atoms with E-state index in [0.29, 0.717) is 47.1 Å². The van der Waals surface area contributed by atoms with Gasteiger partial charge in [-0.2, -0.15) is 0 Å². The van der Waals surface area contributed by atoms with Crippen LogP contribution in [0.5, 0.6) is 5.88 Å². The summed E-state index contributed by atoms with van der Waals surface area (Å²) in [4.78, 5) is 17.9. The number of ether oxygens (including phenoxy) is 2. The maximum absolute atomic E-state index is 11.2. The average molecular weight is 437 g/mol. The first kappa shape index (κ1) is 19.9. The molecule has 0 unspecified atom stereocenters. The molecule has 1 saturated heterocycles. The summed E-state index contributed by atoms with van der Waals surface area (Å²) in [5, 5.41) is 8.02. The van der Waals surface area contributed by atoms with Crippen molar-refractivity contribution < 1.29 is 14.0 Å². The van der Waals surface area contributed by atoms with E-state index >= 15 is 0 Å². The Balaban J connectivity index is 1.50. The highest BCUT2D eigenvalue weighted by molar-refractivity contribution is 6.42. The van der Waals surface area contributed by atoms with Gasteiger partial charge in [-0.1, -0.05) is 34.4 Å². The van der Waals surface area contributed by atoms with Crippen molar-refractivity contribution in [2.24, 2.45) is 5.92 Å². The number of benzene rings is 1. The van der Waals surface area contributed by atoms with E-state index in [-0.39, 0.29) is 12.0 Å². The van der Waals surface area contributed by atoms with E-state index in [9.17, 15) is 4.79 Å². The molecule has 0 amide bonds. The monoisotopic (exact) mass is 436 g/mol. The largest absolute Gasteiger partial charge is 0.477 e. The summed E-state index contributed by atoms with van der Waals surface area (Å²) in [5.74, 6) is 0.122. The van der Waals surface area contributed by atoms with Crippen molar-refractivity contribution in [2.75, 3.05) is 26.3 Å². The fourth-order valence-electron chi connectivity index (χ4n) is 3.18. The topological polar surface area (TPSA) is 102 Å². The molecule has 3 aromatic rings. The van der Waals surface area contributed by atoms with Crippen molar-refractivity contribution in [2.45, 2.75) is 6.10 Å². The van der Waals surface area contributed by atoms with Crippen molar-refractivity contribution in [3.63, 3.8) is 0 Å². The number of hydrogen-bond acceptors (Lipinski definition) is 7. The summed E-state index contributed by atoms with van der Waals surface area (Å²) < 4.78 is 16.5. The van der Waals surface area contributed by atoms with E-state index in [1.54, 1.807) is 24.4 Å². The average Bonchev–Trinajstić information content (AvgIpc) is 3.02. The maximum atomic E-state index is 11.2. The minimum absolute atomic E-state index is 0.0204. The molecule has 1 aliphatic rings. The Morgan fingerprint density at radius 3 is 2.90 bits per heavy atom. The van der Waals surface area contributed by atoms with E-state index in [2.05, 4.69) is 25.0 Å². The molecule has 3 heterocycles. The Morgan fingerprint density at radius 2 is 2.10 bits per heavy atom. The molecule has 10 heteroatoms. The van der Waals surface area contributed by atoms with Gasteiger partial charge in [0.1, 0.15) is 0 Å². The smallest absolute Gasteiger partial charge is 0.439 e. The van der Waals surface area contributed by atoms with E-state index < -0.39 is 5.76 Å². The molecule has 2 aromatic heterocycles. The summed E-state index contributed by atoms with van der Waals surface area (Å²) in [5.41, 5.74) is 1.58. The van der Waals surface area contributed by atoms with Gasteiger partial charge in [-0.25, -0.2) is 9.78 Å². The van der Waals surface area contributed by atoms with E-state index in [0.717, 1.165) is 12.1 Å². The fourth-order valence-corrected chi connectivity index (χ4v) is 3.48. The molecule has 4 rings (SSSR count). The number of halogens is 2. The number of aromatic nitrogens is 3. The molecule has 1 aliphatic heterocycles. The van der Waals surface area contributed by atoms with Crippen LogP contribution in [-0.2, 0) is 4.74 Å².